The molecule has 1 saturated carbocycles. The van der Waals surface area contributed by atoms with E-state index >= 15 is 0 Å². The van der Waals surface area contributed by atoms with E-state index in [0.29, 0.717) is 0 Å². The molecule has 0 aliphatic heterocycles. The Balaban J connectivity index is 2.06. The SMILES string of the molecule is CNCc1ccccc1-c1ccccc1C1CCC1. The van der Waals surface area contributed by atoms with Crippen molar-refractivity contribution < 1.29 is 0 Å². The maximum Gasteiger partial charge on any atom is 0.0208 e. The first kappa shape index (κ1) is 12.4. The number of benzene rings is 2. The molecule has 0 unspecified atom stereocenters. The van der Waals surface area contributed by atoms with Crippen molar-refractivity contribution in [3.05, 3.63) is 59.7 Å². The van der Waals surface area contributed by atoms with Crippen LogP contribution in [0.5, 0.6) is 0 Å². The van der Waals surface area contributed by atoms with Crippen molar-refractivity contribution in [1.82, 2.24) is 5.32 Å². The normalized spacial score (nSPS) is 15.2. The highest BCUT2D eigenvalue weighted by Gasteiger charge is 2.22. The van der Waals surface area contributed by atoms with Crippen LogP contribution in [-0.4, -0.2) is 7.05 Å². The van der Waals surface area contributed by atoms with Crippen molar-refractivity contribution >= 4 is 0 Å². The van der Waals surface area contributed by atoms with Crippen LogP contribution in [0.3, 0.4) is 0 Å². The van der Waals surface area contributed by atoms with Crippen LogP contribution in [0.15, 0.2) is 48.5 Å². The molecule has 1 nitrogen and oxygen atoms in total. The Hall–Kier alpha value is -1.60. The second-order valence-electron chi connectivity index (χ2n) is 5.40. The van der Waals surface area contributed by atoms with E-state index in [2.05, 4.69) is 53.8 Å². The van der Waals surface area contributed by atoms with E-state index in [0.717, 1.165) is 12.5 Å². The van der Waals surface area contributed by atoms with Gasteiger partial charge in [0.15, 0.2) is 0 Å². The topological polar surface area (TPSA) is 12.0 Å². The number of hydrogen-bond acceptors (Lipinski definition) is 1. The van der Waals surface area contributed by atoms with Crippen LogP contribution in [0, 0.1) is 0 Å². The summed E-state index contributed by atoms with van der Waals surface area (Å²) < 4.78 is 0. The molecule has 19 heavy (non-hydrogen) atoms. The first-order chi connectivity index (χ1) is 9.40. The van der Waals surface area contributed by atoms with Crippen molar-refractivity contribution in [1.29, 1.82) is 0 Å². The Morgan fingerprint density at radius 1 is 0.947 bits per heavy atom. The van der Waals surface area contributed by atoms with Crippen LogP contribution in [0.25, 0.3) is 11.1 Å². The molecular weight excluding hydrogens is 230 g/mol. The minimum absolute atomic E-state index is 0.777. The summed E-state index contributed by atoms with van der Waals surface area (Å²) in [6.45, 7) is 0.926. The molecule has 0 radical (unpaired) electrons. The summed E-state index contributed by atoms with van der Waals surface area (Å²) in [6.07, 6.45) is 4.09. The maximum atomic E-state index is 3.27. The van der Waals surface area contributed by atoms with Crippen LogP contribution in [0.1, 0.15) is 36.3 Å². The average Bonchev–Trinajstić information content (AvgIpc) is 2.39. The summed E-state index contributed by atoms with van der Waals surface area (Å²) in [6, 6.07) is 17.7. The fraction of sp³-hybridized carbons (Fsp3) is 0.333. The zero-order chi connectivity index (χ0) is 13.1. The first-order valence-corrected chi connectivity index (χ1v) is 7.22. The second kappa shape index (κ2) is 5.58. The van der Waals surface area contributed by atoms with Crippen LogP contribution in [0.4, 0.5) is 0 Å². The standard InChI is InChI=1S/C18H21N/c1-19-13-15-7-2-3-11-17(15)18-12-5-4-10-16(18)14-8-6-9-14/h2-5,7,10-12,14,19H,6,8-9,13H2,1H3. The van der Waals surface area contributed by atoms with Gasteiger partial charge in [-0.05, 0) is 48.1 Å². The van der Waals surface area contributed by atoms with E-state index in [1.165, 1.54) is 41.5 Å². The molecule has 0 amide bonds. The molecule has 2 aromatic carbocycles. The molecule has 0 atom stereocenters. The summed E-state index contributed by atoms with van der Waals surface area (Å²) in [5.74, 6) is 0.777. The molecule has 1 aliphatic rings. The molecule has 0 spiro atoms. The number of hydrogen-bond donors (Lipinski definition) is 1. The van der Waals surface area contributed by atoms with Crippen LogP contribution >= 0.6 is 0 Å². The Bertz CT molecular complexity index is 555. The van der Waals surface area contributed by atoms with Crippen molar-refractivity contribution in [2.24, 2.45) is 0 Å². The number of nitrogens with one attached hydrogen (secondary N) is 1. The minimum Gasteiger partial charge on any atom is -0.316 e. The molecule has 0 bridgehead atoms. The number of rotatable bonds is 4. The lowest BCUT2D eigenvalue weighted by molar-refractivity contribution is 0.420. The Morgan fingerprint density at radius 2 is 1.63 bits per heavy atom. The summed E-state index contributed by atoms with van der Waals surface area (Å²) >= 11 is 0. The summed E-state index contributed by atoms with van der Waals surface area (Å²) in [5, 5.41) is 3.27. The monoisotopic (exact) mass is 251 g/mol. The lowest BCUT2D eigenvalue weighted by Crippen LogP contribution is -2.11. The van der Waals surface area contributed by atoms with E-state index in [9.17, 15) is 0 Å². The Kier molecular flexibility index (Phi) is 3.65. The fourth-order valence-corrected chi connectivity index (χ4v) is 2.95. The van der Waals surface area contributed by atoms with Crippen LogP contribution in [0.2, 0.25) is 0 Å². The molecule has 1 heteroatoms. The van der Waals surface area contributed by atoms with Crippen molar-refractivity contribution in [2.75, 3.05) is 7.05 Å². The van der Waals surface area contributed by atoms with Crippen molar-refractivity contribution in [3.8, 4) is 11.1 Å². The quantitative estimate of drug-likeness (QED) is 0.852. The Labute approximate surface area is 115 Å². The predicted octanol–water partition coefficient (Wildman–Crippen LogP) is 4.34. The van der Waals surface area contributed by atoms with Gasteiger partial charge in [0.1, 0.15) is 0 Å². The van der Waals surface area contributed by atoms with Gasteiger partial charge in [0.25, 0.3) is 0 Å². The van der Waals surface area contributed by atoms with E-state index in [-0.39, 0.29) is 0 Å². The highest BCUT2D eigenvalue weighted by molar-refractivity contribution is 5.71. The lowest BCUT2D eigenvalue weighted by Gasteiger charge is -2.28. The van der Waals surface area contributed by atoms with E-state index in [4.69, 9.17) is 0 Å². The molecule has 3 rings (SSSR count). The van der Waals surface area contributed by atoms with Gasteiger partial charge in [0.2, 0.25) is 0 Å². The van der Waals surface area contributed by atoms with E-state index in [1.54, 1.807) is 0 Å². The molecule has 0 saturated heterocycles. The van der Waals surface area contributed by atoms with Crippen molar-refractivity contribution in [2.45, 2.75) is 31.7 Å². The Morgan fingerprint density at radius 3 is 2.32 bits per heavy atom. The fourth-order valence-electron chi connectivity index (χ4n) is 2.95. The lowest BCUT2D eigenvalue weighted by atomic mass is 9.77. The molecular formula is C18H21N. The highest BCUT2D eigenvalue weighted by atomic mass is 14.8. The molecule has 1 N–H and O–H groups in total. The van der Waals surface area contributed by atoms with Gasteiger partial charge in [-0.2, -0.15) is 0 Å². The second-order valence-corrected chi connectivity index (χ2v) is 5.40. The molecule has 2 aromatic rings. The highest BCUT2D eigenvalue weighted by Crippen LogP contribution is 2.41. The smallest absolute Gasteiger partial charge is 0.0208 e. The van der Waals surface area contributed by atoms with Gasteiger partial charge in [-0.15, -0.1) is 0 Å². The average molecular weight is 251 g/mol. The van der Waals surface area contributed by atoms with Gasteiger partial charge in [-0.25, -0.2) is 0 Å². The van der Waals surface area contributed by atoms with Gasteiger partial charge in [0.05, 0.1) is 0 Å². The van der Waals surface area contributed by atoms with Gasteiger partial charge in [0, 0.05) is 6.54 Å². The van der Waals surface area contributed by atoms with Gasteiger partial charge in [-0.1, -0.05) is 55.0 Å². The molecule has 0 aromatic heterocycles. The van der Waals surface area contributed by atoms with E-state index in [1.807, 2.05) is 7.05 Å². The minimum atomic E-state index is 0.777. The molecule has 98 valence electrons. The van der Waals surface area contributed by atoms with Gasteiger partial charge in [-0.3, -0.25) is 0 Å². The summed E-state index contributed by atoms with van der Waals surface area (Å²) in [4.78, 5) is 0. The first-order valence-electron chi connectivity index (χ1n) is 7.22. The zero-order valence-electron chi connectivity index (χ0n) is 11.5. The van der Waals surface area contributed by atoms with E-state index < -0.39 is 0 Å². The third-order valence-corrected chi connectivity index (χ3v) is 4.18. The van der Waals surface area contributed by atoms with Crippen molar-refractivity contribution in [3.63, 3.8) is 0 Å². The molecule has 1 aliphatic carbocycles. The zero-order valence-corrected chi connectivity index (χ0v) is 11.5. The summed E-state index contributed by atoms with van der Waals surface area (Å²) in [5.41, 5.74) is 5.74. The molecule has 1 fully saturated rings. The van der Waals surface area contributed by atoms with Crippen LogP contribution < -0.4 is 5.32 Å². The maximum absolute atomic E-state index is 3.27. The third kappa shape index (κ3) is 2.43. The van der Waals surface area contributed by atoms with Gasteiger partial charge < -0.3 is 5.32 Å². The molecule has 0 heterocycles. The predicted molar refractivity (Wildman–Crippen MR) is 81.2 cm³/mol. The van der Waals surface area contributed by atoms with Gasteiger partial charge >= 0.3 is 0 Å². The van der Waals surface area contributed by atoms with Crippen LogP contribution in [-0.2, 0) is 6.54 Å². The third-order valence-electron chi connectivity index (χ3n) is 4.18. The largest absolute Gasteiger partial charge is 0.316 e. The summed E-state index contributed by atoms with van der Waals surface area (Å²) in [7, 11) is 2.01.